The van der Waals surface area contributed by atoms with Gasteiger partial charge < -0.3 is 4.74 Å². The first-order valence-corrected chi connectivity index (χ1v) is 6.75. The van der Waals surface area contributed by atoms with Crippen LogP contribution in [0.3, 0.4) is 0 Å². The molecule has 1 rings (SSSR count). The largest absolute Gasteiger partial charge is 0.380 e. The van der Waals surface area contributed by atoms with Gasteiger partial charge in [-0.2, -0.15) is 0 Å². The average molecular weight is 260 g/mol. The summed E-state index contributed by atoms with van der Waals surface area (Å²) in [6.07, 6.45) is 6.48. The van der Waals surface area contributed by atoms with E-state index in [1.165, 1.54) is 5.56 Å². The Bertz CT molecular complexity index is 336. The number of methoxy groups -OCH3 is 1. The number of hydrogen-bond donors (Lipinski definition) is 0. The molecule has 0 aliphatic rings. The molecule has 0 radical (unpaired) electrons. The van der Waals surface area contributed by atoms with Crippen molar-refractivity contribution in [3.63, 3.8) is 0 Å². The van der Waals surface area contributed by atoms with Gasteiger partial charge in [0.2, 0.25) is 0 Å². The fourth-order valence-electron chi connectivity index (χ4n) is 1.21. The number of hydrogen-bond acceptors (Lipinski definition) is 1. The van der Waals surface area contributed by atoms with E-state index in [0.29, 0.717) is 6.61 Å². The van der Waals surface area contributed by atoms with Crippen LogP contribution in [0.15, 0.2) is 67.3 Å². The smallest absolute Gasteiger partial charge is 0.0712 e. The molecule has 106 valence electrons. The molecule has 0 aliphatic heterocycles. The standard InChI is InChI=1S/C8H12O.C8H10.C2H6/c1-4-6-8(5-2)7-9-3;1-2-8-6-4-3-5-7-8;1-2/h4-6H,1-2,7H2,3H3;3-7H,2H2,1H3;1-2H3/b8-6+;;. The zero-order valence-electron chi connectivity index (χ0n) is 12.9. The van der Waals surface area contributed by atoms with Crippen LogP contribution in [0.2, 0.25) is 0 Å². The maximum atomic E-state index is 4.86. The van der Waals surface area contributed by atoms with Gasteiger partial charge in [-0.1, -0.05) is 82.5 Å². The predicted octanol–water partition coefficient (Wildman–Crippen LogP) is 5.21. The summed E-state index contributed by atoms with van der Waals surface area (Å²) in [6.45, 7) is 13.9. The highest BCUT2D eigenvalue weighted by molar-refractivity contribution is 5.21. The molecule has 1 nitrogen and oxygen atoms in total. The van der Waals surface area contributed by atoms with Crippen molar-refractivity contribution in [3.8, 4) is 0 Å². The van der Waals surface area contributed by atoms with Gasteiger partial charge in [0.25, 0.3) is 0 Å². The Labute approximate surface area is 119 Å². The fourth-order valence-corrected chi connectivity index (χ4v) is 1.21. The highest BCUT2D eigenvalue weighted by atomic mass is 16.5. The van der Waals surface area contributed by atoms with Crippen molar-refractivity contribution in [1.29, 1.82) is 0 Å². The summed E-state index contributed by atoms with van der Waals surface area (Å²) in [6, 6.07) is 10.5. The molecule has 0 aliphatic carbocycles. The third kappa shape index (κ3) is 12.6. The molecule has 1 heteroatoms. The third-order valence-electron chi connectivity index (χ3n) is 2.16. The van der Waals surface area contributed by atoms with Crippen molar-refractivity contribution in [1.82, 2.24) is 0 Å². The van der Waals surface area contributed by atoms with E-state index in [1.807, 2.05) is 26.0 Å². The maximum absolute atomic E-state index is 4.86. The number of aryl methyl sites for hydroxylation is 1. The molecule has 0 heterocycles. The van der Waals surface area contributed by atoms with Gasteiger partial charge in [-0.3, -0.25) is 0 Å². The number of ether oxygens (including phenoxy) is 1. The van der Waals surface area contributed by atoms with Crippen LogP contribution in [0, 0.1) is 0 Å². The molecular formula is C18H28O. The molecule has 0 fully saturated rings. The van der Waals surface area contributed by atoms with Crippen molar-refractivity contribution in [2.24, 2.45) is 0 Å². The zero-order chi connectivity index (χ0) is 14.9. The summed E-state index contributed by atoms with van der Waals surface area (Å²) in [4.78, 5) is 0. The molecule has 0 N–H and O–H groups in total. The van der Waals surface area contributed by atoms with Crippen LogP contribution in [0.1, 0.15) is 26.3 Å². The van der Waals surface area contributed by atoms with Crippen LogP contribution in [-0.4, -0.2) is 13.7 Å². The average Bonchev–Trinajstić information content (AvgIpc) is 2.50. The molecule has 0 spiro atoms. The second-order valence-corrected chi connectivity index (χ2v) is 3.45. The van der Waals surface area contributed by atoms with E-state index < -0.39 is 0 Å². The second kappa shape index (κ2) is 16.4. The highest BCUT2D eigenvalue weighted by Gasteiger charge is 1.84. The molecule has 1 aromatic rings. The van der Waals surface area contributed by atoms with E-state index >= 15 is 0 Å². The quantitative estimate of drug-likeness (QED) is 0.661. The van der Waals surface area contributed by atoms with Crippen molar-refractivity contribution >= 4 is 0 Å². The lowest BCUT2D eigenvalue weighted by atomic mass is 10.2. The summed E-state index contributed by atoms with van der Waals surface area (Å²) in [5.41, 5.74) is 2.46. The lowest BCUT2D eigenvalue weighted by Crippen LogP contribution is -1.89. The van der Waals surface area contributed by atoms with Crippen LogP contribution in [0.5, 0.6) is 0 Å². The Kier molecular flexibility index (Phi) is 17.0. The molecule has 0 saturated heterocycles. The van der Waals surface area contributed by atoms with E-state index in [4.69, 9.17) is 4.74 Å². The van der Waals surface area contributed by atoms with E-state index in [2.05, 4.69) is 44.3 Å². The lowest BCUT2D eigenvalue weighted by Gasteiger charge is -1.95. The predicted molar refractivity (Wildman–Crippen MR) is 87.5 cm³/mol. The summed E-state index contributed by atoms with van der Waals surface area (Å²) in [5.74, 6) is 0. The Morgan fingerprint density at radius 2 is 1.74 bits per heavy atom. The van der Waals surface area contributed by atoms with E-state index in [0.717, 1.165) is 12.0 Å². The van der Waals surface area contributed by atoms with E-state index in [9.17, 15) is 0 Å². The van der Waals surface area contributed by atoms with Gasteiger partial charge in [-0.25, -0.2) is 0 Å². The van der Waals surface area contributed by atoms with Gasteiger partial charge in [0, 0.05) is 7.11 Å². The van der Waals surface area contributed by atoms with Gasteiger partial charge >= 0.3 is 0 Å². The first-order valence-electron chi connectivity index (χ1n) is 6.75. The number of rotatable bonds is 5. The summed E-state index contributed by atoms with van der Waals surface area (Å²) >= 11 is 0. The van der Waals surface area contributed by atoms with Crippen molar-refractivity contribution in [2.75, 3.05) is 13.7 Å². The zero-order valence-corrected chi connectivity index (χ0v) is 12.9. The first kappa shape index (κ1) is 19.7. The van der Waals surface area contributed by atoms with Crippen LogP contribution in [0.4, 0.5) is 0 Å². The lowest BCUT2D eigenvalue weighted by molar-refractivity contribution is 0.228. The Balaban J connectivity index is 0. The number of benzene rings is 1. The fraction of sp³-hybridized carbons (Fsp3) is 0.333. The molecule has 0 saturated carbocycles. The summed E-state index contributed by atoms with van der Waals surface area (Å²) in [7, 11) is 1.65. The molecule has 0 atom stereocenters. The van der Waals surface area contributed by atoms with Crippen molar-refractivity contribution < 1.29 is 4.74 Å². The van der Waals surface area contributed by atoms with Crippen molar-refractivity contribution in [3.05, 3.63) is 72.9 Å². The van der Waals surface area contributed by atoms with E-state index in [1.54, 1.807) is 19.3 Å². The van der Waals surface area contributed by atoms with Gasteiger partial charge in [-0.05, 0) is 17.6 Å². The SMILES string of the molecule is C=C/C=C(\C=C)COC.CC.CCc1ccccc1. The Morgan fingerprint density at radius 3 is 2.05 bits per heavy atom. The van der Waals surface area contributed by atoms with Crippen molar-refractivity contribution in [2.45, 2.75) is 27.2 Å². The van der Waals surface area contributed by atoms with Crippen LogP contribution < -0.4 is 0 Å². The van der Waals surface area contributed by atoms with Gasteiger partial charge in [0.05, 0.1) is 6.61 Å². The molecule has 1 aromatic carbocycles. The monoisotopic (exact) mass is 260 g/mol. The first-order chi connectivity index (χ1) is 9.28. The van der Waals surface area contributed by atoms with E-state index in [-0.39, 0.29) is 0 Å². The summed E-state index contributed by atoms with van der Waals surface area (Å²) in [5, 5.41) is 0. The number of allylic oxidation sites excluding steroid dienone is 2. The highest BCUT2D eigenvalue weighted by Crippen LogP contribution is 1.97. The van der Waals surface area contributed by atoms with Crippen LogP contribution in [-0.2, 0) is 11.2 Å². The molecular weight excluding hydrogens is 232 g/mol. The summed E-state index contributed by atoms with van der Waals surface area (Å²) < 4.78 is 4.86. The Morgan fingerprint density at radius 1 is 1.16 bits per heavy atom. The maximum Gasteiger partial charge on any atom is 0.0712 e. The van der Waals surface area contributed by atoms with Crippen LogP contribution in [0.25, 0.3) is 0 Å². The topological polar surface area (TPSA) is 9.23 Å². The molecule has 0 bridgehead atoms. The minimum absolute atomic E-state index is 0.607. The minimum atomic E-state index is 0.607. The van der Waals surface area contributed by atoms with Gasteiger partial charge in [0.1, 0.15) is 0 Å². The Hall–Kier alpha value is -1.60. The third-order valence-corrected chi connectivity index (χ3v) is 2.16. The second-order valence-electron chi connectivity index (χ2n) is 3.45. The molecule has 0 unspecified atom stereocenters. The van der Waals surface area contributed by atoms with Gasteiger partial charge in [0.15, 0.2) is 0 Å². The molecule has 0 aromatic heterocycles. The minimum Gasteiger partial charge on any atom is -0.380 e. The normalized spacial score (nSPS) is 9.37. The van der Waals surface area contributed by atoms with Crippen LogP contribution >= 0.6 is 0 Å². The van der Waals surface area contributed by atoms with Gasteiger partial charge in [-0.15, -0.1) is 0 Å². The molecule has 19 heavy (non-hydrogen) atoms. The molecule has 0 amide bonds.